The Morgan fingerprint density at radius 3 is 2.50 bits per heavy atom. The molecule has 0 atom stereocenters. The van der Waals surface area contributed by atoms with E-state index in [4.69, 9.17) is 0 Å². The second kappa shape index (κ2) is 8.50. The first kappa shape index (κ1) is 18.6. The van der Waals surface area contributed by atoms with Crippen molar-refractivity contribution in [2.45, 2.75) is 38.5 Å². The maximum absolute atomic E-state index is 12.9. The lowest BCUT2D eigenvalue weighted by Gasteiger charge is -2.35. The molecule has 2 aromatic rings. The van der Waals surface area contributed by atoms with Gasteiger partial charge in [-0.3, -0.25) is 9.59 Å². The molecule has 1 saturated carbocycles. The van der Waals surface area contributed by atoms with E-state index in [0.717, 1.165) is 18.0 Å². The van der Waals surface area contributed by atoms with Gasteiger partial charge in [-0.1, -0.05) is 31.7 Å². The van der Waals surface area contributed by atoms with Crippen LogP contribution >= 0.6 is 0 Å². The molecule has 8 nitrogen and oxygen atoms in total. The van der Waals surface area contributed by atoms with Crippen LogP contribution in [0.15, 0.2) is 30.6 Å². The third-order valence-corrected chi connectivity index (χ3v) is 5.87. The standard InChI is InChI=1S/C20H26N6O2/c27-19(9-8-16-4-1-2-5-16)24-10-12-25(13-11-24)20(28)17-6-3-7-18(14-17)26-15-21-22-23-26/h3,6-7,14-16H,1-2,4-5,8-13H2. The number of carbonyl (C=O) groups excluding carboxylic acids is 2. The van der Waals surface area contributed by atoms with Crippen LogP contribution in [0, 0.1) is 5.92 Å². The van der Waals surface area contributed by atoms with Gasteiger partial charge in [0.1, 0.15) is 6.33 Å². The van der Waals surface area contributed by atoms with E-state index in [-0.39, 0.29) is 11.8 Å². The molecule has 8 heteroatoms. The topological polar surface area (TPSA) is 84.2 Å². The average molecular weight is 382 g/mol. The first-order valence-corrected chi connectivity index (χ1v) is 10.1. The van der Waals surface area contributed by atoms with Crippen molar-refractivity contribution >= 4 is 11.8 Å². The van der Waals surface area contributed by atoms with Gasteiger partial charge >= 0.3 is 0 Å². The Hall–Kier alpha value is -2.77. The van der Waals surface area contributed by atoms with Gasteiger partial charge in [0.25, 0.3) is 5.91 Å². The highest BCUT2D eigenvalue weighted by molar-refractivity contribution is 5.95. The molecule has 4 rings (SSSR count). The smallest absolute Gasteiger partial charge is 0.254 e. The Balaban J connectivity index is 1.30. The zero-order chi connectivity index (χ0) is 19.3. The molecular weight excluding hydrogens is 356 g/mol. The summed E-state index contributed by atoms with van der Waals surface area (Å²) < 4.78 is 1.53. The third-order valence-electron chi connectivity index (χ3n) is 5.87. The molecule has 0 spiro atoms. The maximum atomic E-state index is 12.9. The van der Waals surface area contributed by atoms with E-state index in [1.54, 1.807) is 12.1 Å². The van der Waals surface area contributed by atoms with Crippen molar-refractivity contribution < 1.29 is 9.59 Å². The maximum Gasteiger partial charge on any atom is 0.254 e. The van der Waals surface area contributed by atoms with E-state index in [1.807, 2.05) is 21.9 Å². The number of hydrogen-bond donors (Lipinski definition) is 0. The van der Waals surface area contributed by atoms with Gasteiger partial charge in [-0.05, 0) is 41.0 Å². The van der Waals surface area contributed by atoms with Gasteiger partial charge < -0.3 is 9.80 Å². The quantitative estimate of drug-likeness (QED) is 0.789. The van der Waals surface area contributed by atoms with Crippen molar-refractivity contribution in [1.29, 1.82) is 0 Å². The predicted octanol–water partition coefficient (Wildman–Crippen LogP) is 1.92. The second-order valence-corrected chi connectivity index (χ2v) is 7.67. The monoisotopic (exact) mass is 382 g/mol. The lowest BCUT2D eigenvalue weighted by Crippen LogP contribution is -2.50. The Kier molecular flexibility index (Phi) is 5.64. The molecule has 1 aliphatic heterocycles. The summed E-state index contributed by atoms with van der Waals surface area (Å²) in [7, 11) is 0. The van der Waals surface area contributed by atoms with Gasteiger partial charge in [-0.25, -0.2) is 4.68 Å². The lowest BCUT2D eigenvalue weighted by atomic mass is 10.0. The highest BCUT2D eigenvalue weighted by atomic mass is 16.2. The van der Waals surface area contributed by atoms with Crippen molar-refractivity contribution in [3.63, 3.8) is 0 Å². The normalized spacial score (nSPS) is 17.9. The number of piperazine rings is 1. The summed E-state index contributed by atoms with van der Waals surface area (Å²) >= 11 is 0. The van der Waals surface area contributed by atoms with Crippen LogP contribution in [0.1, 0.15) is 48.9 Å². The van der Waals surface area contributed by atoms with E-state index in [1.165, 1.54) is 36.7 Å². The summed E-state index contributed by atoms with van der Waals surface area (Å²) in [6, 6.07) is 7.27. The first-order valence-electron chi connectivity index (χ1n) is 10.1. The van der Waals surface area contributed by atoms with Gasteiger partial charge in [0, 0.05) is 38.2 Å². The van der Waals surface area contributed by atoms with Crippen LogP contribution in [0.2, 0.25) is 0 Å². The number of benzene rings is 1. The largest absolute Gasteiger partial charge is 0.339 e. The molecule has 1 aromatic heterocycles. The molecule has 1 aromatic carbocycles. The summed E-state index contributed by atoms with van der Waals surface area (Å²) in [6.07, 6.45) is 8.34. The Bertz CT molecular complexity index is 808. The molecule has 1 saturated heterocycles. The number of aromatic nitrogens is 4. The molecule has 0 unspecified atom stereocenters. The van der Waals surface area contributed by atoms with Crippen LogP contribution in [0.3, 0.4) is 0 Å². The van der Waals surface area contributed by atoms with E-state index in [9.17, 15) is 9.59 Å². The van der Waals surface area contributed by atoms with Gasteiger partial charge in [-0.15, -0.1) is 5.10 Å². The molecule has 0 bridgehead atoms. The van der Waals surface area contributed by atoms with Gasteiger partial charge in [0.2, 0.25) is 5.91 Å². The van der Waals surface area contributed by atoms with Crippen LogP contribution in [0.25, 0.3) is 5.69 Å². The summed E-state index contributed by atoms with van der Waals surface area (Å²) in [5.41, 5.74) is 1.35. The van der Waals surface area contributed by atoms with Crippen LogP contribution in [0.5, 0.6) is 0 Å². The Morgan fingerprint density at radius 2 is 1.79 bits per heavy atom. The number of amides is 2. The van der Waals surface area contributed by atoms with Crippen molar-refractivity contribution in [2.75, 3.05) is 26.2 Å². The zero-order valence-corrected chi connectivity index (χ0v) is 16.0. The van der Waals surface area contributed by atoms with Crippen LogP contribution < -0.4 is 0 Å². The van der Waals surface area contributed by atoms with Gasteiger partial charge in [0.15, 0.2) is 0 Å². The zero-order valence-electron chi connectivity index (χ0n) is 16.0. The molecule has 0 N–H and O–H groups in total. The van der Waals surface area contributed by atoms with E-state index >= 15 is 0 Å². The van der Waals surface area contributed by atoms with E-state index < -0.39 is 0 Å². The van der Waals surface area contributed by atoms with E-state index in [2.05, 4.69) is 15.5 Å². The summed E-state index contributed by atoms with van der Waals surface area (Å²) in [5, 5.41) is 11.1. The predicted molar refractivity (Wildman–Crippen MR) is 103 cm³/mol. The SMILES string of the molecule is O=C(CCC1CCCC1)N1CCN(C(=O)c2cccc(-n3cnnn3)c2)CC1. The number of tetrazole rings is 1. The fourth-order valence-electron chi connectivity index (χ4n) is 4.19. The van der Waals surface area contributed by atoms with Gasteiger partial charge in [-0.2, -0.15) is 0 Å². The molecule has 1 aliphatic carbocycles. The first-order chi connectivity index (χ1) is 13.7. The Morgan fingerprint density at radius 1 is 1.04 bits per heavy atom. The summed E-state index contributed by atoms with van der Waals surface area (Å²) in [5.74, 6) is 0.951. The third kappa shape index (κ3) is 4.21. The van der Waals surface area contributed by atoms with Crippen molar-refractivity contribution in [2.24, 2.45) is 5.92 Å². The molecule has 0 radical (unpaired) electrons. The van der Waals surface area contributed by atoms with Crippen molar-refractivity contribution in [3.8, 4) is 5.69 Å². The average Bonchev–Trinajstić information content (AvgIpc) is 3.46. The fourth-order valence-corrected chi connectivity index (χ4v) is 4.19. The molecule has 2 fully saturated rings. The highest BCUT2D eigenvalue weighted by Crippen LogP contribution is 2.28. The highest BCUT2D eigenvalue weighted by Gasteiger charge is 2.26. The molecule has 148 valence electrons. The van der Waals surface area contributed by atoms with Crippen LogP contribution in [-0.2, 0) is 4.79 Å². The molecule has 2 amide bonds. The number of hydrogen-bond acceptors (Lipinski definition) is 5. The minimum Gasteiger partial charge on any atom is -0.339 e. The molecule has 2 heterocycles. The molecule has 28 heavy (non-hydrogen) atoms. The van der Waals surface area contributed by atoms with Crippen molar-refractivity contribution in [1.82, 2.24) is 30.0 Å². The van der Waals surface area contributed by atoms with Gasteiger partial charge in [0.05, 0.1) is 5.69 Å². The lowest BCUT2D eigenvalue weighted by molar-refractivity contribution is -0.133. The summed E-state index contributed by atoms with van der Waals surface area (Å²) in [6.45, 7) is 2.37. The van der Waals surface area contributed by atoms with E-state index in [0.29, 0.717) is 38.2 Å². The molecule has 2 aliphatic rings. The van der Waals surface area contributed by atoms with Crippen LogP contribution in [0.4, 0.5) is 0 Å². The van der Waals surface area contributed by atoms with Crippen molar-refractivity contribution in [3.05, 3.63) is 36.2 Å². The molecular formula is C20H26N6O2. The number of nitrogens with zero attached hydrogens (tertiary/aromatic N) is 6. The number of rotatable bonds is 5. The minimum atomic E-state index is -0.0204. The fraction of sp³-hybridized carbons (Fsp3) is 0.550. The number of carbonyl (C=O) groups is 2. The van der Waals surface area contributed by atoms with Crippen LogP contribution in [-0.4, -0.2) is 68.0 Å². The second-order valence-electron chi connectivity index (χ2n) is 7.67. The summed E-state index contributed by atoms with van der Waals surface area (Å²) in [4.78, 5) is 29.1. The minimum absolute atomic E-state index is 0.0204. The Labute approximate surface area is 164 Å².